The maximum atomic E-state index is 13.1. The molecule has 1 aliphatic rings. The van der Waals surface area contributed by atoms with Gasteiger partial charge in [0.2, 0.25) is 0 Å². The van der Waals surface area contributed by atoms with Crippen LogP contribution in [-0.2, 0) is 10.0 Å². The van der Waals surface area contributed by atoms with Gasteiger partial charge in [-0.25, -0.2) is 8.42 Å². The highest BCUT2D eigenvalue weighted by molar-refractivity contribution is 7.92. The van der Waals surface area contributed by atoms with E-state index in [9.17, 15) is 26.0 Å². The standard InChI is InChI=1S/C19H21F4N3O4S/c1-25(31(27,28)17-5-3-2-4-16(17)30-19(22)23)13-6-7-15(29-18(20)21)14(12-13)26-10-8-24-9-11-26/h2-7,12,18-19,24H,8-11H2,1H3. The molecule has 0 saturated carbocycles. The number of sulfonamides is 1. The molecule has 0 spiro atoms. The van der Waals surface area contributed by atoms with E-state index in [2.05, 4.69) is 14.8 Å². The number of benzene rings is 2. The lowest BCUT2D eigenvalue weighted by Gasteiger charge is -2.32. The zero-order valence-corrected chi connectivity index (χ0v) is 17.3. The molecule has 0 aromatic heterocycles. The molecule has 12 heteroatoms. The van der Waals surface area contributed by atoms with E-state index in [1.54, 1.807) is 4.90 Å². The normalized spacial score (nSPS) is 14.7. The van der Waals surface area contributed by atoms with E-state index in [4.69, 9.17) is 0 Å². The second kappa shape index (κ2) is 9.60. The van der Waals surface area contributed by atoms with E-state index in [0.29, 0.717) is 31.9 Å². The summed E-state index contributed by atoms with van der Waals surface area (Å²) in [6.07, 6.45) is 0. The summed E-state index contributed by atoms with van der Waals surface area (Å²) in [6.45, 7) is -4.01. The van der Waals surface area contributed by atoms with Crippen LogP contribution in [0.25, 0.3) is 0 Å². The zero-order chi connectivity index (χ0) is 22.6. The van der Waals surface area contributed by atoms with Crippen LogP contribution in [-0.4, -0.2) is 54.9 Å². The number of hydrogen-bond acceptors (Lipinski definition) is 6. The van der Waals surface area contributed by atoms with Crippen molar-refractivity contribution < 1.29 is 35.5 Å². The van der Waals surface area contributed by atoms with Gasteiger partial charge < -0.3 is 19.7 Å². The largest absolute Gasteiger partial charge is 0.433 e. The van der Waals surface area contributed by atoms with Gasteiger partial charge in [0, 0.05) is 33.2 Å². The minimum Gasteiger partial charge on any atom is -0.433 e. The maximum Gasteiger partial charge on any atom is 0.387 e. The van der Waals surface area contributed by atoms with Crippen molar-refractivity contribution in [2.75, 3.05) is 42.4 Å². The fourth-order valence-electron chi connectivity index (χ4n) is 3.19. The van der Waals surface area contributed by atoms with Gasteiger partial charge in [-0.2, -0.15) is 17.6 Å². The highest BCUT2D eigenvalue weighted by Crippen LogP contribution is 2.36. The summed E-state index contributed by atoms with van der Waals surface area (Å²) in [5, 5.41) is 3.14. The van der Waals surface area contributed by atoms with Crippen molar-refractivity contribution in [3.05, 3.63) is 42.5 Å². The first kappa shape index (κ1) is 22.9. The molecule has 1 heterocycles. The molecule has 0 radical (unpaired) electrons. The second-order valence-corrected chi connectivity index (χ2v) is 8.50. The van der Waals surface area contributed by atoms with Crippen molar-refractivity contribution in [2.45, 2.75) is 18.1 Å². The molecule has 170 valence electrons. The van der Waals surface area contributed by atoms with Crippen molar-refractivity contribution in [1.82, 2.24) is 5.32 Å². The monoisotopic (exact) mass is 463 g/mol. The molecule has 1 saturated heterocycles. The topological polar surface area (TPSA) is 71.1 Å². The number of anilines is 2. The number of ether oxygens (including phenoxy) is 2. The molecule has 0 unspecified atom stereocenters. The Hall–Kier alpha value is -2.73. The van der Waals surface area contributed by atoms with E-state index >= 15 is 0 Å². The molecular weight excluding hydrogens is 442 g/mol. The van der Waals surface area contributed by atoms with Gasteiger partial charge in [-0.05, 0) is 30.3 Å². The number of rotatable bonds is 8. The molecule has 0 aliphatic carbocycles. The van der Waals surface area contributed by atoms with Gasteiger partial charge in [0.15, 0.2) is 0 Å². The minimum absolute atomic E-state index is 0.0899. The minimum atomic E-state index is -4.30. The third-order valence-corrected chi connectivity index (χ3v) is 6.51. The molecule has 31 heavy (non-hydrogen) atoms. The quantitative estimate of drug-likeness (QED) is 0.607. The first-order chi connectivity index (χ1) is 14.7. The Morgan fingerprint density at radius 1 is 0.968 bits per heavy atom. The van der Waals surface area contributed by atoms with Crippen LogP contribution in [0.1, 0.15) is 0 Å². The molecule has 7 nitrogen and oxygen atoms in total. The Morgan fingerprint density at radius 2 is 1.58 bits per heavy atom. The highest BCUT2D eigenvalue weighted by atomic mass is 32.2. The smallest absolute Gasteiger partial charge is 0.387 e. The average Bonchev–Trinajstić information content (AvgIpc) is 2.73. The predicted octanol–water partition coefficient (Wildman–Crippen LogP) is 3.12. The van der Waals surface area contributed by atoms with Crippen molar-refractivity contribution in [1.29, 1.82) is 0 Å². The van der Waals surface area contributed by atoms with Crippen LogP contribution in [0.5, 0.6) is 11.5 Å². The molecular formula is C19H21F4N3O4S. The lowest BCUT2D eigenvalue weighted by atomic mass is 10.2. The molecule has 0 atom stereocenters. The number of halogens is 4. The molecule has 1 fully saturated rings. The van der Waals surface area contributed by atoms with Crippen LogP contribution in [0.15, 0.2) is 47.4 Å². The summed E-state index contributed by atoms with van der Waals surface area (Å²) in [7, 11) is -3.06. The molecule has 1 N–H and O–H groups in total. The van der Waals surface area contributed by atoms with Gasteiger partial charge in [-0.15, -0.1) is 0 Å². The van der Waals surface area contributed by atoms with E-state index in [1.165, 1.54) is 37.4 Å². The summed E-state index contributed by atoms with van der Waals surface area (Å²) in [5.74, 6) is -0.586. The van der Waals surface area contributed by atoms with Gasteiger partial charge in [0.05, 0.1) is 11.4 Å². The second-order valence-electron chi connectivity index (χ2n) is 6.57. The van der Waals surface area contributed by atoms with Crippen LogP contribution < -0.4 is 24.0 Å². The van der Waals surface area contributed by atoms with E-state index < -0.39 is 33.9 Å². The van der Waals surface area contributed by atoms with E-state index in [0.717, 1.165) is 16.4 Å². The third kappa shape index (κ3) is 5.31. The third-order valence-electron chi connectivity index (χ3n) is 4.68. The van der Waals surface area contributed by atoms with E-state index in [1.807, 2.05) is 0 Å². The average molecular weight is 463 g/mol. The van der Waals surface area contributed by atoms with Crippen LogP contribution in [0.4, 0.5) is 28.9 Å². The van der Waals surface area contributed by atoms with Gasteiger partial charge in [-0.1, -0.05) is 12.1 Å². The summed E-state index contributed by atoms with van der Waals surface area (Å²) in [5.41, 5.74) is 0.445. The lowest BCUT2D eigenvalue weighted by molar-refractivity contribution is -0.0519. The Balaban J connectivity index is 2.00. The zero-order valence-electron chi connectivity index (χ0n) is 16.5. The summed E-state index contributed by atoms with van der Waals surface area (Å²) < 4.78 is 87.1. The first-order valence-corrected chi connectivity index (χ1v) is 10.7. The van der Waals surface area contributed by atoms with Crippen LogP contribution in [0.3, 0.4) is 0 Å². The summed E-state index contributed by atoms with van der Waals surface area (Å²) in [4.78, 5) is 1.35. The molecule has 3 rings (SSSR count). The molecule has 2 aromatic carbocycles. The van der Waals surface area contributed by atoms with Crippen LogP contribution >= 0.6 is 0 Å². The molecule has 1 aliphatic heterocycles. The number of piperazine rings is 1. The SMILES string of the molecule is CN(c1ccc(OC(F)F)c(N2CCNCC2)c1)S(=O)(=O)c1ccccc1OC(F)F. The first-order valence-electron chi connectivity index (χ1n) is 9.27. The summed E-state index contributed by atoms with van der Waals surface area (Å²) in [6, 6.07) is 9.00. The van der Waals surface area contributed by atoms with Gasteiger partial charge in [0.25, 0.3) is 10.0 Å². The Labute approximate surface area is 177 Å². The predicted molar refractivity (Wildman–Crippen MR) is 107 cm³/mol. The van der Waals surface area contributed by atoms with Crippen molar-refractivity contribution in [3.8, 4) is 11.5 Å². The summed E-state index contributed by atoms with van der Waals surface area (Å²) >= 11 is 0. The number of para-hydroxylation sites is 1. The Bertz CT molecular complexity index is 1000. The van der Waals surface area contributed by atoms with Crippen molar-refractivity contribution in [2.24, 2.45) is 0 Å². The number of hydrogen-bond donors (Lipinski definition) is 1. The number of nitrogens with zero attached hydrogens (tertiary/aromatic N) is 2. The van der Waals surface area contributed by atoms with Crippen LogP contribution in [0.2, 0.25) is 0 Å². The maximum absolute atomic E-state index is 13.1. The molecule has 2 aromatic rings. The van der Waals surface area contributed by atoms with Gasteiger partial charge in [0.1, 0.15) is 16.4 Å². The highest BCUT2D eigenvalue weighted by Gasteiger charge is 2.28. The fourth-order valence-corrected chi connectivity index (χ4v) is 4.50. The Kier molecular flexibility index (Phi) is 7.11. The lowest BCUT2D eigenvalue weighted by Crippen LogP contribution is -2.43. The van der Waals surface area contributed by atoms with Crippen molar-refractivity contribution in [3.63, 3.8) is 0 Å². The number of alkyl halides is 4. The molecule has 0 bridgehead atoms. The Morgan fingerprint density at radius 3 is 2.23 bits per heavy atom. The van der Waals surface area contributed by atoms with E-state index in [-0.39, 0.29) is 11.4 Å². The van der Waals surface area contributed by atoms with Gasteiger partial charge >= 0.3 is 13.2 Å². The number of nitrogens with one attached hydrogen (secondary N) is 1. The fraction of sp³-hybridized carbons (Fsp3) is 0.368. The van der Waals surface area contributed by atoms with Gasteiger partial charge in [-0.3, -0.25) is 4.31 Å². The molecule has 0 amide bonds. The van der Waals surface area contributed by atoms with Crippen LogP contribution in [0, 0.1) is 0 Å². The van der Waals surface area contributed by atoms with Crippen molar-refractivity contribution >= 4 is 21.4 Å².